The van der Waals surface area contributed by atoms with Crippen LogP contribution in [0.15, 0.2) is 24.3 Å². The molecule has 1 N–H and O–H groups in total. The van der Waals surface area contributed by atoms with Gasteiger partial charge < -0.3 is 15.0 Å². The molecule has 1 aliphatic carbocycles. The van der Waals surface area contributed by atoms with Gasteiger partial charge >= 0.3 is 12.1 Å². The molecule has 0 aromatic heterocycles. The topological polar surface area (TPSA) is 61.9 Å². The van der Waals surface area contributed by atoms with Gasteiger partial charge in [0, 0.05) is 19.1 Å². The molecule has 1 aromatic rings. The van der Waals surface area contributed by atoms with Crippen molar-refractivity contribution in [1.29, 1.82) is 0 Å². The van der Waals surface area contributed by atoms with Crippen molar-refractivity contribution in [2.45, 2.75) is 57.2 Å². The molecule has 1 aromatic carbocycles. The van der Waals surface area contributed by atoms with Crippen molar-refractivity contribution in [2.75, 3.05) is 18.1 Å². The minimum Gasteiger partial charge on any atom is -0.447 e. The molecule has 6 nitrogen and oxygen atoms in total. The highest BCUT2D eigenvalue weighted by Gasteiger charge is 2.37. The molecule has 25 heavy (non-hydrogen) atoms. The smallest absolute Gasteiger partial charge is 0.414 e. The second-order valence-electron chi connectivity index (χ2n) is 7.22. The molecule has 2 aliphatic heterocycles. The Hall–Kier alpha value is -2.24. The monoisotopic (exact) mass is 343 g/mol. The van der Waals surface area contributed by atoms with Crippen LogP contribution in [0.4, 0.5) is 15.3 Å². The molecule has 6 heteroatoms. The molecule has 0 radical (unpaired) electrons. The van der Waals surface area contributed by atoms with Crippen molar-refractivity contribution in [3.8, 4) is 0 Å². The third-order valence-corrected chi connectivity index (χ3v) is 5.53. The van der Waals surface area contributed by atoms with Gasteiger partial charge in [0.2, 0.25) is 0 Å². The van der Waals surface area contributed by atoms with E-state index in [1.165, 1.54) is 19.3 Å². The van der Waals surface area contributed by atoms with Crippen molar-refractivity contribution in [1.82, 2.24) is 10.2 Å². The first-order valence-corrected chi connectivity index (χ1v) is 9.32. The van der Waals surface area contributed by atoms with Crippen molar-refractivity contribution >= 4 is 17.8 Å². The number of ether oxygens (including phenoxy) is 1. The van der Waals surface area contributed by atoms with Crippen LogP contribution < -0.4 is 10.2 Å². The fourth-order valence-electron chi connectivity index (χ4n) is 4.12. The van der Waals surface area contributed by atoms with Crippen LogP contribution >= 0.6 is 0 Å². The minimum atomic E-state index is -0.280. The zero-order chi connectivity index (χ0) is 17.2. The number of amides is 3. The van der Waals surface area contributed by atoms with Crippen molar-refractivity contribution in [3.05, 3.63) is 29.8 Å². The number of benzene rings is 1. The van der Waals surface area contributed by atoms with Crippen molar-refractivity contribution in [2.24, 2.45) is 0 Å². The highest BCUT2D eigenvalue weighted by Crippen LogP contribution is 2.31. The first-order valence-electron chi connectivity index (χ1n) is 9.32. The average molecular weight is 343 g/mol. The van der Waals surface area contributed by atoms with Gasteiger partial charge in [-0.25, -0.2) is 9.59 Å². The Kier molecular flexibility index (Phi) is 4.51. The molecular weight excluding hydrogens is 318 g/mol. The second-order valence-corrected chi connectivity index (χ2v) is 7.22. The number of carbonyl (C=O) groups is 2. The Morgan fingerprint density at radius 1 is 1.12 bits per heavy atom. The van der Waals surface area contributed by atoms with Gasteiger partial charge in [-0.2, -0.15) is 0 Å². The number of urea groups is 1. The molecule has 3 amide bonds. The molecular formula is C19H25N3O3. The van der Waals surface area contributed by atoms with E-state index >= 15 is 0 Å². The first kappa shape index (κ1) is 16.2. The fourth-order valence-corrected chi connectivity index (χ4v) is 4.12. The van der Waals surface area contributed by atoms with E-state index in [1.807, 2.05) is 29.2 Å². The lowest BCUT2D eigenvalue weighted by atomic mass is 9.96. The van der Waals surface area contributed by atoms with E-state index < -0.39 is 0 Å². The van der Waals surface area contributed by atoms with Gasteiger partial charge in [0.25, 0.3) is 0 Å². The molecule has 1 saturated carbocycles. The predicted octanol–water partition coefficient (Wildman–Crippen LogP) is 3.26. The zero-order valence-corrected chi connectivity index (χ0v) is 14.4. The van der Waals surface area contributed by atoms with E-state index in [4.69, 9.17) is 4.74 Å². The number of nitrogens with zero attached hydrogens (tertiary/aromatic N) is 2. The van der Waals surface area contributed by atoms with Crippen molar-refractivity contribution in [3.63, 3.8) is 0 Å². The number of fused-ring (bicyclic) bond motifs is 3. The summed E-state index contributed by atoms with van der Waals surface area (Å²) in [5, 5.41) is 3.21. The molecule has 0 spiro atoms. The number of hydrogen-bond acceptors (Lipinski definition) is 3. The number of rotatable bonds is 1. The number of carbonyl (C=O) groups excluding carboxylic acids is 2. The fraction of sp³-hybridized carbons (Fsp3) is 0.579. The quantitative estimate of drug-likeness (QED) is 0.851. The van der Waals surface area contributed by atoms with Gasteiger partial charge in [-0.05, 0) is 30.9 Å². The first-order chi connectivity index (χ1) is 12.2. The number of para-hydroxylation sites is 1. The van der Waals surface area contributed by atoms with Gasteiger partial charge in [0.15, 0.2) is 0 Å². The number of hydrogen-bond donors (Lipinski definition) is 1. The summed E-state index contributed by atoms with van der Waals surface area (Å²) in [5.41, 5.74) is 1.86. The van der Waals surface area contributed by atoms with Crippen LogP contribution in [-0.2, 0) is 11.3 Å². The normalized spacial score (nSPS) is 24.0. The molecule has 134 valence electrons. The average Bonchev–Trinajstić information content (AvgIpc) is 2.97. The summed E-state index contributed by atoms with van der Waals surface area (Å²) in [6, 6.07) is 8.12. The molecule has 1 unspecified atom stereocenters. The van der Waals surface area contributed by atoms with Crippen LogP contribution in [0, 0.1) is 0 Å². The van der Waals surface area contributed by atoms with Crippen LogP contribution in [-0.4, -0.2) is 42.3 Å². The molecule has 4 rings (SSSR count). The Balaban J connectivity index is 1.54. The molecule has 1 atom stereocenters. The van der Waals surface area contributed by atoms with E-state index in [9.17, 15) is 9.59 Å². The predicted molar refractivity (Wildman–Crippen MR) is 94.5 cm³/mol. The van der Waals surface area contributed by atoms with Gasteiger partial charge in [-0.1, -0.05) is 37.5 Å². The van der Waals surface area contributed by atoms with Crippen LogP contribution in [0.1, 0.15) is 44.1 Å². The molecule has 0 bridgehead atoms. The molecule has 2 fully saturated rings. The van der Waals surface area contributed by atoms with Gasteiger partial charge in [-0.15, -0.1) is 0 Å². The summed E-state index contributed by atoms with van der Waals surface area (Å²) in [4.78, 5) is 28.6. The third kappa shape index (κ3) is 3.30. The second kappa shape index (κ2) is 6.94. The minimum absolute atomic E-state index is 0.000990. The van der Waals surface area contributed by atoms with Crippen LogP contribution in [0.5, 0.6) is 0 Å². The molecule has 1 saturated heterocycles. The maximum Gasteiger partial charge on any atom is 0.414 e. The number of nitrogens with one attached hydrogen (secondary N) is 1. The van der Waals surface area contributed by atoms with Crippen LogP contribution in [0.25, 0.3) is 0 Å². The lowest BCUT2D eigenvalue weighted by Gasteiger charge is -2.33. The van der Waals surface area contributed by atoms with E-state index in [0.717, 1.165) is 30.5 Å². The largest absolute Gasteiger partial charge is 0.447 e. The lowest BCUT2D eigenvalue weighted by Crippen LogP contribution is -2.48. The Morgan fingerprint density at radius 3 is 2.76 bits per heavy atom. The summed E-state index contributed by atoms with van der Waals surface area (Å²) in [7, 11) is 0. The maximum atomic E-state index is 12.8. The summed E-state index contributed by atoms with van der Waals surface area (Å²) in [6.07, 6.45) is 6.28. The highest BCUT2D eigenvalue weighted by molar-refractivity contribution is 5.91. The zero-order valence-electron chi connectivity index (χ0n) is 14.4. The third-order valence-electron chi connectivity index (χ3n) is 5.53. The Morgan fingerprint density at radius 2 is 1.92 bits per heavy atom. The van der Waals surface area contributed by atoms with Crippen LogP contribution in [0.2, 0.25) is 0 Å². The number of anilines is 1. The Bertz CT molecular complexity index is 657. The lowest BCUT2D eigenvalue weighted by molar-refractivity contribution is 0.175. The molecule has 2 heterocycles. The van der Waals surface area contributed by atoms with Gasteiger partial charge in [-0.3, -0.25) is 4.90 Å². The highest BCUT2D eigenvalue weighted by atomic mass is 16.6. The van der Waals surface area contributed by atoms with Gasteiger partial charge in [0.05, 0.1) is 11.7 Å². The molecule has 3 aliphatic rings. The summed E-state index contributed by atoms with van der Waals surface area (Å²) in [6.45, 7) is 1.54. The summed E-state index contributed by atoms with van der Waals surface area (Å²) in [5.74, 6) is 0. The summed E-state index contributed by atoms with van der Waals surface area (Å²) >= 11 is 0. The number of cyclic esters (lactones) is 1. The van der Waals surface area contributed by atoms with Gasteiger partial charge in [0.1, 0.15) is 6.61 Å². The maximum absolute atomic E-state index is 12.8. The SMILES string of the molecule is O=C(NC1CCCCC1)N1CCC2COC(=O)N2c2ccccc2C1. The van der Waals surface area contributed by atoms with E-state index in [0.29, 0.717) is 25.7 Å². The summed E-state index contributed by atoms with van der Waals surface area (Å²) < 4.78 is 5.25. The van der Waals surface area contributed by atoms with Crippen molar-refractivity contribution < 1.29 is 14.3 Å². The standard InChI is InChI=1S/C19H25N3O3/c23-18(20-15-7-2-1-3-8-15)21-11-10-16-13-25-19(24)22(16)17-9-5-4-6-14(17)12-21/h4-6,9,15-16H,1-3,7-8,10-13H2,(H,20,23). The van der Waals surface area contributed by atoms with Crippen LogP contribution in [0.3, 0.4) is 0 Å². The van der Waals surface area contributed by atoms with E-state index in [2.05, 4.69) is 5.32 Å². The van der Waals surface area contributed by atoms with E-state index in [1.54, 1.807) is 4.90 Å². The van der Waals surface area contributed by atoms with E-state index in [-0.39, 0.29) is 18.2 Å². The Labute approximate surface area is 148 Å².